The molecule has 79 heavy (non-hydrogen) atoms. The Morgan fingerprint density at radius 2 is 0.747 bits per heavy atom. The summed E-state index contributed by atoms with van der Waals surface area (Å²) in [5.41, 5.74) is 34.9. The minimum absolute atomic E-state index is 0.00286. The van der Waals surface area contributed by atoms with Crippen molar-refractivity contribution < 1.29 is 47.3 Å². The molecule has 428 valence electrons. The summed E-state index contributed by atoms with van der Waals surface area (Å²) in [5, 5.41) is 0. The number of hydrogen-bond acceptors (Lipinski definition) is 12. The molecule has 0 aromatic carbocycles. The largest absolute Gasteiger partial charge is 0.458 e. The molecule has 0 saturated heterocycles. The molecule has 8 N–H and O–H groups in total. The van der Waals surface area contributed by atoms with Crippen molar-refractivity contribution in [1.29, 1.82) is 0 Å². The first-order chi connectivity index (χ1) is 37.1. The standard InChI is InChI=1S/C63H88N8O8/c1-27-17-31(5)47(32(6)18-27)59(72)78-53-41(15)45-25-43-39(13)49(61(74)76-51-35(9)21-29(3)22-36(51)10)55(64)68(43)63(70(45)57(53)66)69-44(40(14)50(56(69)65)62(75)77-52-37(11)23-30(4)24-38(52)12)26-46-42(16)54(58(67)71(46)63)79-60(73)48-33(7)19-28(2)20-34(48)8/h25-38,47-48,51-52H,17-24H2,1-16H3,(H6,64,65,66,67,74,75)/p+2. The SMILES string of the molecule is CC1=C(C(=O)OC2C(C)CC(C)CC2C)C(N)=[N+]2C1=Cc1c(C)c(OC(=O)C3C(C)CC(C)CC3C)c(N)n1C21n2c(N)c(OC(=O)C3C(C)CC(C)CC3C)c(C)c2C=C2C(C)=C(C(=O)OC3C(C)CC(C)CC3C)C(N)=[N+]21. The van der Waals surface area contributed by atoms with E-state index in [0.717, 1.165) is 51.4 Å². The zero-order valence-corrected chi connectivity index (χ0v) is 49.9. The fourth-order valence-electron chi connectivity index (χ4n) is 17.4. The van der Waals surface area contributed by atoms with E-state index in [1.807, 2.05) is 39.8 Å². The summed E-state index contributed by atoms with van der Waals surface area (Å²) in [6, 6.07) is 0. The van der Waals surface area contributed by atoms with Crippen LogP contribution >= 0.6 is 0 Å². The van der Waals surface area contributed by atoms with Gasteiger partial charge in [0.25, 0.3) is 11.7 Å². The number of aromatic nitrogens is 2. The van der Waals surface area contributed by atoms with E-state index in [2.05, 4.69) is 83.1 Å². The predicted octanol–water partition coefficient (Wildman–Crippen LogP) is 9.97. The number of hydrogen-bond donors (Lipinski definition) is 4. The predicted molar refractivity (Wildman–Crippen MR) is 306 cm³/mol. The summed E-state index contributed by atoms with van der Waals surface area (Å²) in [4.78, 5) is 59.9. The lowest BCUT2D eigenvalue weighted by molar-refractivity contribution is -0.832. The molecule has 0 bridgehead atoms. The van der Waals surface area contributed by atoms with E-state index in [-0.39, 0.29) is 117 Å². The first-order valence-electron chi connectivity index (χ1n) is 29.7. The average molecular weight is 1090 g/mol. The van der Waals surface area contributed by atoms with Crippen molar-refractivity contribution in [1.82, 2.24) is 9.13 Å². The van der Waals surface area contributed by atoms with Gasteiger partial charge in [0.2, 0.25) is 0 Å². The number of esters is 4. The summed E-state index contributed by atoms with van der Waals surface area (Å²) in [6.07, 6.45) is 10.2. The smallest absolute Gasteiger partial charge is 0.438 e. The normalized spacial score (nSPS) is 36.1. The van der Waals surface area contributed by atoms with Crippen LogP contribution in [0.3, 0.4) is 0 Å². The van der Waals surface area contributed by atoms with Crippen LogP contribution in [-0.2, 0) is 34.6 Å². The Balaban J connectivity index is 1.24. The molecule has 1 spiro atoms. The number of anilines is 2. The molecular weight excluding hydrogens is 997 g/mol. The number of carbonyl (C=O) groups excluding carboxylic acids is 4. The number of carbonyl (C=O) groups is 4. The molecule has 4 fully saturated rings. The van der Waals surface area contributed by atoms with E-state index in [1.54, 1.807) is 18.3 Å². The third-order valence-electron chi connectivity index (χ3n) is 20.4. The van der Waals surface area contributed by atoms with Gasteiger partial charge in [0, 0.05) is 34.4 Å². The number of amidine groups is 2. The molecule has 4 aliphatic carbocycles. The van der Waals surface area contributed by atoms with Crippen LogP contribution in [0.15, 0.2) is 33.7 Å². The highest BCUT2D eigenvalue weighted by Gasteiger charge is 2.67. The fourth-order valence-corrected chi connectivity index (χ4v) is 17.4. The summed E-state index contributed by atoms with van der Waals surface area (Å²) in [5.74, 6) is -1.92. The second-order valence-corrected chi connectivity index (χ2v) is 27.0. The molecule has 2 aromatic heterocycles. The molecule has 8 aliphatic rings. The van der Waals surface area contributed by atoms with Gasteiger partial charge in [-0.05, 0) is 150 Å². The number of nitrogens with zero attached hydrogens (tertiary/aromatic N) is 4. The number of rotatable bonds is 8. The monoisotopic (exact) mass is 1090 g/mol. The van der Waals surface area contributed by atoms with Gasteiger partial charge in [-0.2, -0.15) is 0 Å². The van der Waals surface area contributed by atoms with Crippen LogP contribution in [0.2, 0.25) is 0 Å². The Hall–Kier alpha value is -6.06. The lowest BCUT2D eigenvalue weighted by Crippen LogP contribution is -2.64. The van der Waals surface area contributed by atoms with Crippen molar-refractivity contribution in [2.45, 2.75) is 180 Å². The Kier molecular flexibility index (Phi) is 14.4. The van der Waals surface area contributed by atoms with Crippen LogP contribution in [0.4, 0.5) is 11.6 Å². The van der Waals surface area contributed by atoms with Gasteiger partial charge >= 0.3 is 29.8 Å². The number of fused-ring (bicyclic) bond motifs is 8. The topological polar surface area (TPSA) is 225 Å². The van der Waals surface area contributed by atoms with E-state index in [4.69, 9.17) is 41.9 Å². The second-order valence-electron chi connectivity index (χ2n) is 27.0. The van der Waals surface area contributed by atoms with Crippen molar-refractivity contribution in [3.63, 3.8) is 0 Å². The van der Waals surface area contributed by atoms with Crippen molar-refractivity contribution in [3.8, 4) is 11.5 Å². The van der Waals surface area contributed by atoms with Crippen molar-refractivity contribution in [2.75, 3.05) is 11.5 Å². The minimum Gasteiger partial charge on any atom is -0.458 e. The quantitative estimate of drug-likeness (QED) is 0.143. The highest BCUT2D eigenvalue weighted by Crippen LogP contribution is 2.55. The Labute approximate surface area is 467 Å². The Morgan fingerprint density at radius 3 is 1.04 bits per heavy atom. The van der Waals surface area contributed by atoms with Crippen molar-refractivity contribution in [2.24, 2.45) is 94.3 Å². The molecule has 16 nitrogen and oxygen atoms in total. The van der Waals surface area contributed by atoms with E-state index in [0.29, 0.717) is 68.7 Å². The Bertz CT molecular complexity index is 2890. The molecule has 16 heteroatoms. The summed E-state index contributed by atoms with van der Waals surface area (Å²) in [6.45, 7) is 33.2. The number of nitrogens with two attached hydrogens (primary N) is 4. The van der Waals surface area contributed by atoms with Crippen LogP contribution in [0.1, 0.15) is 171 Å². The van der Waals surface area contributed by atoms with Crippen molar-refractivity contribution in [3.05, 3.63) is 56.2 Å². The summed E-state index contributed by atoms with van der Waals surface area (Å²) >= 11 is 0. The van der Waals surface area contributed by atoms with Gasteiger partial charge < -0.3 is 30.4 Å². The molecular formula is C63H90N8O8+2. The van der Waals surface area contributed by atoms with Gasteiger partial charge in [0.15, 0.2) is 34.3 Å². The number of ether oxygens (including phenoxy) is 4. The van der Waals surface area contributed by atoms with Crippen LogP contribution < -0.4 is 32.4 Å². The first-order valence-corrected chi connectivity index (χ1v) is 29.7. The summed E-state index contributed by atoms with van der Waals surface area (Å²) < 4.78 is 33.5. The highest BCUT2D eigenvalue weighted by molar-refractivity contribution is 6.20. The number of allylic oxidation sites excluding steroid dienone is 2. The molecule has 0 amide bonds. The third-order valence-corrected chi connectivity index (χ3v) is 20.4. The maximum Gasteiger partial charge on any atom is 0.438 e. The van der Waals surface area contributed by atoms with Crippen LogP contribution in [0, 0.1) is 96.7 Å². The van der Waals surface area contributed by atoms with Crippen LogP contribution in [0.5, 0.6) is 11.5 Å². The van der Waals surface area contributed by atoms with E-state index in [9.17, 15) is 9.59 Å². The lowest BCUT2D eigenvalue weighted by atomic mass is 9.69. The van der Waals surface area contributed by atoms with E-state index >= 15 is 9.59 Å². The van der Waals surface area contributed by atoms with Gasteiger partial charge in [-0.25, -0.2) is 18.7 Å². The Morgan fingerprint density at radius 1 is 0.468 bits per heavy atom. The van der Waals surface area contributed by atoms with Gasteiger partial charge in [-0.15, -0.1) is 9.15 Å². The van der Waals surface area contributed by atoms with E-state index < -0.39 is 29.7 Å². The zero-order valence-electron chi connectivity index (χ0n) is 49.9. The lowest BCUT2D eigenvalue weighted by Gasteiger charge is -2.42. The molecule has 0 radical (unpaired) electrons. The third kappa shape index (κ3) is 8.63. The molecule has 8 atom stereocenters. The first kappa shape index (κ1) is 56.2. The second kappa shape index (κ2) is 20.2. The molecule has 6 heterocycles. The van der Waals surface area contributed by atoms with Crippen LogP contribution in [0.25, 0.3) is 12.2 Å². The zero-order chi connectivity index (χ0) is 57.5. The average Bonchev–Trinajstić information content (AvgIpc) is 3.04. The van der Waals surface area contributed by atoms with Crippen LogP contribution in [-0.4, -0.2) is 66.0 Å². The molecule has 4 aliphatic heterocycles. The maximum absolute atomic E-state index is 15.2. The number of nitrogen functional groups attached to an aromatic ring is 2. The molecule has 4 saturated carbocycles. The van der Waals surface area contributed by atoms with Crippen molar-refractivity contribution >= 4 is 59.3 Å². The van der Waals surface area contributed by atoms with E-state index in [1.165, 1.54) is 0 Å². The minimum atomic E-state index is -2.04. The summed E-state index contributed by atoms with van der Waals surface area (Å²) in [7, 11) is 0. The molecule has 8 unspecified atom stereocenters. The maximum atomic E-state index is 15.2. The highest BCUT2D eigenvalue weighted by atomic mass is 16.6. The van der Waals surface area contributed by atoms with Gasteiger partial charge in [0.05, 0.1) is 23.2 Å². The van der Waals surface area contributed by atoms with Gasteiger partial charge in [-0.3, -0.25) is 21.1 Å². The van der Waals surface area contributed by atoms with Gasteiger partial charge in [0.1, 0.15) is 23.6 Å². The molecule has 2 aromatic rings. The van der Waals surface area contributed by atoms with Gasteiger partial charge in [-0.1, -0.05) is 83.1 Å². The fraction of sp³-hybridized carbons (Fsp3) is 0.651. The molecule has 10 rings (SSSR count).